The fourth-order valence-corrected chi connectivity index (χ4v) is 3.82. The number of nitrogens with two attached hydrogens (primary N) is 1. The van der Waals surface area contributed by atoms with Crippen LogP contribution in [0, 0.1) is 17.5 Å². The minimum atomic E-state index is -0.737. The lowest BCUT2D eigenvalue weighted by Crippen LogP contribution is -2.38. The maximum atomic E-state index is 14.8. The molecule has 0 atom stereocenters. The Bertz CT molecular complexity index is 1270. The predicted molar refractivity (Wildman–Crippen MR) is 126 cm³/mol. The molecule has 0 fully saturated rings. The van der Waals surface area contributed by atoms with Crippen LogP contribution in [-0.4, -0.2) is 47.1 Å². The van der Waals surface area contributed by atoms with Gasteiger partial charge in [0, 0.05) is 36.4 Å². The normalized spacial score (nSPS) is 12.8. The van der Waals surface area contributed by atoms with E-state index in [2.05, 4.69) is 15.3 Å². The second kappa shape index (κ2) is 9.69. The van der Waals surface area contributed by atoms with E-state index in [1.54, 1.807) is 12.1 Å². The van der Waals surface area contributed by atoms with Gasteiger partial charge < -0.3 is 25.6 Å². The SMILES string of the molecule is CC(C)N1CCOc2c(F)cc(-c3nc(Nc4ccc(CN(C)C(N)=O)c(F)c4)ncc3F)cc21. The van der Waals surface area contributed by atoms with Crippen molar-refractivity contribution in [3.8, 4) is 17.0 Å². The van der Waals surface area contributed by atoms with Crippen molar-refractivity contribution in [2.24, 2.45) is 5.73 Å². The number of anilines is 3. The third-order valence-electron chi connectivity index (χ3n) is 5.65. The van der Waals surface area contributed by atoms with Gasteiger partial charge in [0.15, 0.2) is 17.4 Å². The maximum Gasteiger partial charge on any atom is 0.314 e. The number of primary amides is 1. The number of aromatic nitrogens is 2. The van der Waals surface area contributed by atoms with Crippen LogP contribution >= 0.6 is 0 Å². The fourth-order valence-electron chi connectivity index (χ4n) is 3.82. The van der Waals surface area contributed by atoms with Crippen molar-refractivity contribution >= 4 is 23.4 Å². The second-order valence-corrected chi connectivity index (χ2v) is 8.46. The molecule has 184 valence electrons. The predicted octanol–water partition coefficient (Wildman–Crippen LogP) is 4.42. The number of halogens is 3. The third kappa shape index (κ3) is 5.08. The van der Waals surface area contributed by atoms with Crippen molar-refractivity contribution in [1.82, 2.24) is 14.9 Å². The summed E-state index contributed by atoms with van der Waals surface area (Å²) in [4.78, 5) is 22.5. The number of ether oxygens (including phenoxy) is 1. The zero-order valence-corrected chi connectivity index (χ0v) is 19.5. The Morgan fingerprint density at radius 2 is 1.97 bits per heavy atom. The van der Waals surface area contributed by atoms with Crippen LogP contribution < -0.4 is 20.7 Å². The molecule has 2 heterocycles. The van der Waals surface area contributed by atoms with Crippen LogP contribution in [0.15, 0.2) is 36.5 Å². The number of hydrogen-bond acceptors (Lipinski definition) is 6. The standard InChI is InChI=1S/C24H25F3N6O2/c1-13(2)33-6-7-35-22-18(26)8-15(9-20(22)33)21-19(27)11-29-24(31-21)30-16-5-4-14(17(25)10-16)12-32(3)23(28)34/h4-5,8-11,13H,6-7,12H2,1-3H3,(H2,28,34)(H,29,30,31). The molecule has 2 amide bonds. The second-order valence-electron chi connectivity index (χ2n) is 8.46. The number of carbonyl (C=O) groups excluding carboxylic acids is 1. The minimum Gasteiger partial charge on any atom is -0.486 e. The average Bonchev–Trinajstić information content (AvgIpc) is 2.81. The van der Waals surface area contributed by atoms with E-state index in [-0.39, 0.29) is 41.1 Å². The van der Waals surface area contributed by atoms with Gasteiger partial charge in [0.25, 0.3) is 0 Å². The number of amides is 2. The molecule has 0 radical (unpaired) electrons. The van der Waals surface area contributed by atoms with Crippen LogP contribution in [0.5, 0.6) is 5.75 Å². The highest BCUT2D eigenvalue weighted by molar-refractivity contribution is 5.73. The summed E-state index contributed by atoms with van der Waals surface area (Å²) in [5.74, 6) is -1.80. The van der Waals surface area contributed by atoms with Gasteiger partial charge >= 0.3 is 6.03 Å². The molecule has 0 spiro atoms. The van der Waals surface area contributed by atoms with Crippen molar-refractivity contribution in [3.05, 3.63) is 59.5 Å². The summed E-state index contributed by atoms with van der Waals surface area (Å²) < 4.78 is 49.6. The summed E-state index contributed by atoms with van der Waals surface area (Å²) in [6.07, 6.45) is 0.964. The van der Waals surface area contributed by atoms with Crippen LogP contribution in [0.2, 0.25) is 0 Å². The number of hydrogen-bond donors (Lipinski definition) is 2. The van der Waals surface area contributed by atoms with E-state index < -0.39 is 23.5 Å². The summed E-state index contributed by atoms with van der Waals surface area (Å²) in [5, 5.41) is 2.83. The number of nitrogens with zero attached hydrogens (tertiary/aromatic N) is 4. The number of urea groups is 1. The Labute approximate surface area is 200 Å². The average molecular weight is 486 g/mol. The maximum absolute atomic E-state index is 14.8. The van der Waals surface area contributed by atoms with E-state index in [0.717, 1.165) is 6.20 Å². The number of nitrogens with one attached hydrogen (secondary N) is 1. The first-order valence-electron chi connectivity index (χ1n) is 11.0. The smallest absolute Gasteiger partial charge is 0.314 e. The number of fused-ring (bicyclic) bond motifs is 1. The summed E-state index contributed by atoms with van der Waals surface area (Å²) in [7, 11) is 1.46. The molecule has 0 bridgehead atoms. The molecule has 1 aliphatic rings. The van der Waals surface area contributed by atoms with Gasteiger partial charge in [-0.3, -0.25) is 0 Å². The van der Waals surface area contributed by atoms with E-state index in [1.807, 2.05) is 18.7 Å². The lowest BCUT2D eigenvalue weighted by molar-refractivity contribution is 0.216. The van der Waals surface area contributed by atoms with Crippen LogP contribution in [-0.2, 0) is 6.54 Å². The van der Waals surface area contributed by atoms with Crippen LogP contribution in [0.4, 0.5) is 35.3 Å². The van der Waals surface area contributed by atoms with E-state index in [4.69, 9.17) is 10.5 Å². The molecule has 35 heavy (non-hydrogen) atoms. The van der Waals surface area contributed by atoms with Gasteiger partial charge in [-0.15, -0.1) is 0 Å². The number of carbonyl (C=O) groups is 1. The van der Waals surface area contributed by atoms with Gasteiger partial charge in [-0.1, -0.05) is 6.07 Å². The van der Waals surface area contributed by atoms with E-state index >= 15 is 0 Å². The summed E-state index contributed by atoms with van der Waals surface area (Å²) in [6, 6.07) is 6.46. The van der Waals surface area contributed by atoms with Crippen LogP contribution in [0.1, 0.15) is 19.4 Å². The van der Waals surface area contributed by atoms with Crippen molar-refractivity contribution < 1.29 is 22.7 Å². The zero-order valence-electron chi connectivity index (χ0n) is 19.5. The fraction of sp³-hybridized carbons (Fsp3) is 0.292. The van der Waals surface area contributed by atoms with Crippen molar-refractivity contribution in [2.75, 3.05) is 30.4 Å². The zero-order chi connectivity index (χ0) is 25.3. The van der Waals surface area contributed by atoms with Crippen molar-refractivity contribution in [2.45, 2.75) is 26.4 Å². The Kier molecular flexibility index (Phi) is 6.68. The Morgan fingerprint density at radius 1 is 1.20 bits per heavy atom. The minimum absolute atomic E-state index is 0.000352. The van der Waals surface area contributed by atoms with Crippen molar-refractivity contribution in [1.29, 1.82) is 0 Å². The van der Waals surface area contributed by atoms with Crippen LogP contribution in [0.3, 0.4) is 0 Å². The molecule has 1 aromatic heterocycles. The highest BCUT2D eigenvalue weighted by Gasteiger charge is 2.25. The molecule has 4 rings (SSSR count). The molecule has 0 unspecified atom stereocenters. The molecule has 0 saturated heterocycles. The van der Waals surface area contributed by atoms with Gasteiger partial charge in [-0.05, 0) is 38.1 Å². The number of benzene rings is 2. The summed E-state index contributed by atoms with van der Waals surface area (Å²) in [5.41, 5.74) is 6.38. The Morgan fingerprint density at radius 3 is 2.66 bits per heavy atom. The lowest BCUT2D eigenvalue weighted by Gasteiger charge is -2.34. The van der Waals surface area contributed by atoms with Gasteiger partial charge in [0.2, 0.25) is 5.95 Å². The number of rotatable bonds is 6. The van der Waals surface area contributed by atoms with Gasteiger partial charge in [0.05, 0.1) is 18.4 Å². The molecule has 3 N–H and O–H groups in total. The largest absolute Gasteiger partial charge is 0.486 e. The third-order valence-corrected chi connectivity index (χ3v) is 5.65. The van der Waals surface area contributed by atoms with E-state index in [0.29, 0.717) is 24.5 Å². The molecular weight excluding hydrogens is 461 g/mol. The molecule has 11 heteroatoms. The highest BCUT2D eigenvalue weighted by atomic mass is 19.1. The van der Waals surface area contributed by atoms with Gasteiger partial charge in [-0.2, -0.15) is 0 Å². The van der Waals surface area contributed by atoms with Crippen LogP contribution in [0.25, 0.3) is 11.3 Å². The monoisotopic (exact) mass is 486 g/mol. The summed E-state index contributed by atoms with van der Waals surface area (Å²) >= 11 is 0. The molecular formula is C24H25F3N6O2. The first-order valence-corrected chi connectivity index (χ1v) is 11.0. The molecule has 3 aromatic rings. The van der Waals surface area contributed by atoms with Crippen molar-refractivity contribution in [3.63, 3.8) is 0 Å². The first kappa shape index (κ1) is 24.1. The first-order chi connectivity index (χ1) is 16.6. The van der Waals surface area contributed by atoms with Gasteiger partial charge in [0.1, 0.15) is 18.1 Å². The van der Waals surface area contributed by atoms with E-state index in [1.165, 1.54) is 30.1 Å². The molecule has 2 aromatic carbocycles. The molecule has 1 aliphatic heterocycles. The molecule has 8 nitrogen and oxygen atoms in total. The Balaban J connectivity index is 1.63. The molecule has 0 saturated carbocycles. The quantitative estimate of drug-likeness (QED) is 0.536. The lowest BCUT2D eigenvalue weighted by atomic mass is 10.1. The topological polar surface area (TPSA) is 96.6 Å². The summed E-state index contributed by atoms with van der Waals surface area (Å²) in [6.45, 7) is 4.88. The highest BCUT2D eigenvalue weighted by Crippen LogP contribution is 2.39. The Hall–Kier alpha value is -4.02. The molecule has 0 aliphatic carbocycles. The van der Waals surface area contributed by atoms with Gasteiger partial charge in [-0.25, -0.2) is 27.9 Å². The van der Waals surface area contributed by atoms with E-state index in [9.17, 15) is 18.0 Å².